The molecule has 0 aromatic rings. The first kappa shape index (κ1) is 14.0. The molecule has 1 heterocycles. The fourth-order valence-electron chi connectivity index (χ4n) is 2.00. The number of nitrogens with one attached hydrogen (secondary N) is 3. The van der Waals surface area contributed by atoms with Gasteiger partial charge in [0.05, 0.1) is 0 Å². The van der Waals surface area contributed by atoms with Gasteiger partial charge in [-0.2, -0.15) is 0 Å². The Hall–Kier alpha value is -1.10. The Morgan fingerprint density at radius 1 is 1.24 bits per heavy atom. The van der Waals surface area contributed by atoms with Gasteiger partial charge in [0, 0.05) is 32.5 Å². The summed E-state index contributed by atoms with van der Waals surface area (Å²) in [5.74, 6) is 0.00776. The van der Waals surface area contributed by atoms with Crippen molar-refractivity contribution >= 4 is 11.8 Å². The van der Waals surface area contributed by atoms with Gasteiger partial charge in [-0.15, -0.1) is 0 Å². The first-order valence-corrected chi connectivity index (χ1v) is 6.43. The van der Waals surface area contributed by atoms with Crippen LogP contribution in [-0.2, 0) is 9.59 Å². The van der Waals surface area contributed by atoms with Crippen LogP contribution in [0.1, 0.15) is 39.0 Å². The van der Waals surface area contributed by atoms with Crippen molar-refractivity contribution in [2.45, 2.75) is 45.1 Å². The summed E-state index contributed by atoms with van der Waals surface area (Å²) in [5, 5.41) is 8.86. The van der Waals surface area contributed by atoms with Gasteiger partial charge in [-0.05, 0) is 25.8 Å². The minimum Gasteiger partial charge on any atom is -0.355 e. The van der Waals surface area contributed by atoms with Crippen molar-refractivity contribution in [2.24, 2.45) is 0 Å². The number of carbonyl (C=O) groups excluding carboxylic acids is 2. The second-order valence-corrected chi connectivity index (χ2v) is 4.52. The first-order valence-electron chi connectivity index (χ1n) is 6.43. The van der Waals surface area contributed by atoms with E-state index in [-0.39, 0.29) is 11.8 Å². The van der Waals surface area contributed by atoms with Gasteiger partial charge >= 0.3 is 0 Å². The molecule has 5 nitrogen and oxygen atoms in total. The van der Waals surface area contributed by atoms with Crippen LogP contribution in [0.25, 0.3) is 0 Å². The number of rotatable bonds is 6. The molecule has 1 aliphatic rings. The molecule has 0 aromatic carbocycles. The summed E-state index contributed by atoms with van der Waals surface area (Å²) in [6, 6.07) is 0.504. The minimum atomic E-state index is -0.0642. The van der Waals surface area contributed by atoms with Crippen LogP contribution < -0.4 is 16.0 Å². The van der Waals surface area contributed by atoms with Crippen molar-refractivity contribution in [3.05, 3.63) is 0 Å². The fraction of sp³-hybridized carbons (Fsp3) is 0.833. The van der Waals surface area contributed by atoms with E-state index in [1.54, 1.807) is 0 Å². The molecule has 0 aromatic heterocycles. The number of hydrogen-bond donors (Lipinski definition) is 3. The van der Waals surface area contributed by atoms with E-state index >= 15 is 0 Å². The largest absolute Gasteiger partial charge is 0.355 e. The van der Waals surface area contributed by atoms with Gasteiger partial charge in [-0.3, -0.25) is 9.59 Å². The molecule has 3 N–H and O–H groups in total. The van der Waals surface area contributed by atoms with Crippen LogP contribution in [0.3, 0.4) is 0 Å². The predicted molar refractivity (Wildman–Crippen MR) is 66.6 cm³/mol. The molecule has 0 spiro atoms. The average molecular weight is 241 g/mol. The number of carbonyl (C=O) groups is 2. The smallest absolute Gasteiger partial charge is 0.220 e. The third-order valence-corrected chi connectivity index (χ3v) is 2.95. The molecule has 1 fully saturated rings. The van der Waals surface area contributed by atoms with Crippen molar-refractivity contribution in [3.8, 4) is 0 Å². The molecule has 1 unspecified atom stereocenters. The number of hydrogen-bond acceptors (Lipinski definition) is 3. The maximum absolute atomic E-state index is 11.5. The normalized spacial score (nSPS) is 19.7. The zero-order valence-corrected chi connectivity index (χ0v) is 10.6. The standard InChI is InChI=1S/C12H23N3O2/c1-10(16)13-8-9-15-12(17)6-5-11-4-2-3-7-14-11/h11,14H,2-9H2,1H3,(H,13,16)(H,15,17). The highest BCUT2D eigenvalue weighted by atomic mass is 16.2. The van der Waals surface area contributed by atoms with Crippen molar-refractivity contribution in [2.75, 3.05) is 19.6 Å². The third kappa shape index (κ3) is 6.94. The lowest BCUT2D eigenvalue weighted by Crippen LogP contribution is -2.37. The Labute approximate surface area is 103 Å². The topological polar surface area (TPSA) is 70.2 Å². The summed E-state index contributed by atoms with van der Waals surface area (Å²) >= 11 is 0. The van der Waals surface area contributed by atoms with Crippen molar-refractivity contribution < 1.29 is 9.59 Å². The molecule has 0 saturated carbocycles. The molecule has 98 valence electrons. The lowest BCUT2D eigenvalue weighted by Gasteiger charge is -2.23. The number of piperidine rings is 1. The summed E-state index contributed by atoms with van der Waals surface area (Å²) in [4.78, 5) is 22.1. The van der Waals surface area contributed by atoms with Gasteiger partial charge in [0.15, 0.2) is 0 Å². The van der Waals surface area contributed by atoms with Gasteiger partial charge in [0.2, 0.25) is 11.8 Å². The van der Waals surface area contributed by atoms with Crippen LogP contribution >= 0.6 is 0 Å². The van der Waals surface area contributed by atoms with Crippen molar-refractivity contribution in [1.82, 2.24) is 16.0 Å². The van der Waals surface area contributed by atoms with E-state index < -0.39 is 0 Å². The van der Waals surface area contributed by atoms with Crippen molar-refractivity contribution in [1.29, 1.82) is 0 Å². The van der Waals surface area contributed by atoms with Crippen LogP contribution in [0.15, 0.2) is 0 Å². The monoisotopic (exact) mass is 241 g/mol. The molecule has 2 amide bonds. The Morgan fingerprint density at radius 3 is 2.65 bits per heavy atom. The minimum absolute atomic E-state index is 0.0642. The maximum Gasteiger partial charge on any atom is 0.220 e. The molecule has 5 heteroatoms. The van der Waals surface area contributed by atoms with Gasteiger partial charge in [0.1, 0.15) is 0 Å². The Balaban J connectivity index is 1.98. The van der Waals surface area contributed by atoms with Crippen LogP contribution in [-0.4, -0.2) is 37.5 Å². The van der Waals surface area contributed by atoms with E-state index in [1.165, 1.54) is 26.2 Å². The Morgan fingerprint density at radius 2 is 2.00 bits per heavy atom. The quantitative estimate of drug-likeness (QED) is 0.580. The SMILES string of the molecule is CC(=O)NCCNC(=O)CCC1CCCCN1. The third-order valence-electron chi connectivity index (χ3n) is 2.95. The van der Waals surface area contributed by atoms with Crippen LogP contribution in [0.2, 0.25) is 0 Å². The van der Waals surface area contributed by atoms with Crippen molar-refractivity contribution in [3.63, 3.8) is 0 Å². The van der Waals surface area contributed by atoms with Gasteiger partial charge in [0.25, 0.3) is 0 Å². The Kier molecular flexibility index (Phi) is 6.62. The van der Waals surface area contributed by atoms with E-state index in [1.807, 2.05) is 0 Å². The molecule has 1 aliphatic heterocycles. The second kappa shape index (κ2) is 8.06. The summed E-state index contributed by atoms with van der Waals surface area (Å²) < 4.78 is 0. The van der Waals surface area contributed by atoms with Crippen LogP contribution in [0.4, 0.5) is 0 Å². The highest BCUT2D eigenvalue weighted by Crippen LogP contribution is 2.11. The van der Waals surface area contributed by atoms with Gasteiger partial charge in [-0.1, -0.05) is 6.42 Å². The number of amides is 2. The molecule has 0 bridgehead atoms. The zero-order valence-electron chi connectivity index (χ0n) is 10.6. The second-order valence-electron chi connectivity index (χ2n) is 4.52. The maximum atomic E-state index is 11.5. The highest BCUT2D eigenvalue weighted by Gasteiger charge is 2.13. The average Bonchev–Trinajstić information content (AvgIpc) is 2.33. The van der Waals surface area contributed by atoms with Crippen LogP contribution in [0.5, 0.6) is 0 Å². The zero-order chi connectivity index (χ0) is 12.5. The molecule has 1 rings (SSSR count). The first-order chi connectivity index (χ1) is 8.18. The molecule has 1 saturated heterocycles. The Bertz CT molecular complexity index is 250. The van der Waals surface area contributed by atoms with E-state index in [0.29, 0.717) is 25.6 Å². The summed E-state index contributed by atoms with van der Waals surface area (Å²) in [6.45, 7) is 3.56. The van der Waals surface area contributed by atoms with Gasteiger partial charge < -0.3 is 16.0 Å². The molecular weight excluding hydrogens is 218 g/mol. The highest BCUT2D eigenvalue weighted by molar-refractivity contribution is 5.76. The lowest BCUT2D eigenvalue weighted by atomic mass is 10.0. The molecule has 0 aliphatic carbocycles. The lowest BCUT2D eigenvalue weighted by molar-refractivity contribution is -0.122. The van der Waals surface area contributed by atoms with E-state index in [4.69, 9.17) is 0 Å². The van der Waals surface area contributed by atoms with E-state index in [9.17, 15) is 9.59 Å². The molecule has 17 heavy (non-hydrogen) atoms. The molecular formula is C12H23N3O2. The molecule has 1 atom stereocenters. The van der Waals surface area contributed by atoms with E-state index in [0.717, 1.165) is 13.0 Å². The summed E-state index contributed by atoms with van der Waals surface area (Å²) in [7, 11) is 0. The summed E-state index contributed by atoms with van der Waals surface area (Å²) in [5.41, 5.74) is 0. The van der Waals surface area contributed by atoms with E-state index in [2.05, 4.69) is 16.0 Å². The van der Waals surface area contributed by atoms with Crippen LogP contribution in [0, 0.1) is 0 Å². The van der Waals surface area contributed by atoms with Gasteiger partial charge in [-0.25, -0.2) is 0 Å². The fourth-order valence-corrected chi connectivity index (χ4v) is 2.00. The summed E-state index contributed by atoms with van der Waals surface area (Å²) in [6.07, 6.45) is 5.17. The molecule has 0 radical (unpaired) electrons. The predicted octanol–water partition coefficient (Wildman–Crippen LogP) is 0.161.